The van der Waals surface area contributed by atoms with Gasteiger partial charge in [0.25, 0.3) is 0 Å². The molecule has 0 aliphatic carbocycles. The molecule has 0 bridgehead atoms. The first-order chi connectivity index (χ1) is 10.3. The number of aromatic nitrogens is 3. The fourth-order valence-electron chi connectivity index (χ4n) is 2.09. The van der Waals surface area contributed by atoms with Gasteiger partial charge in [0.2, 0.25) is 0 Å². The van der Waals surface area contributed by atoms with Gasteiger partial charge in [-0.2, -0.15) is 10.4 Å². The molecule has 0 spiro atoms. The molecule has 102 valence electrons. The van der Waals surface area contributed by atoms with E-state index in [1.54, 1.807) is 34.9 Å². The Morgan fingerprint density at radius 2 is 1.81 bits per heavy atom. The zero-order valence-corrected chi connectivity index (χ0v) is 12.2. The van der Waals surface area contributed by atoms with Crippen molar-refractivity contribution in [2.45, 2.75) is 4.90 Å². The van der Waals surface area contributed by atoms with E-state index in [2.05, 4.69) is 28.3 Å². The van der Waals surface area contributed by atoms with E-state index >= 15 is 0 Å². The largest absolute Gasteiger partial charge is 0.265 e. The highest BCUT2D eigenvalue weighted by Crippen LogP contribution is 2.26. The van der Waals surface area contributed by atoms with Crippen LogP contribution in [-0.2, 0) is 0 Å². The lowest BCUT2D eigenvalue weighted by Crippen LogP contribution is -1.99. The van der Waals surface area contributed by atoms with Crippen molar-refractivity contribution in [3.8, 4) is 23.0 Å². The molecule has 0 saturated heterocycles. The maximum absolute atomic E-state index is 9.11. The number of hydrogen-bond acceptors (Lipinski definition) is 4. The average Bonchev–Trinajstić information content (AvgIpc) is 3.00. The summed E-state index contributed by atoms with van der Waals surface area (Å²) in [5.74, 6) is 0. The molecule has 3 rings (SSSR count). The van der Waals surface area contributed by atoms with Gasteiger partial charge in [0.05, 0.1) is 11.4 Å². The number of hydrogen-bond donors (Lipinski definition) is 0. The van der Waals surface area contributed by atoms with Crippen molar-refractivity contribution < 1.29 is 0 Å². The van der Waals surface area contributed by atoms with Crippen LogP contribution in [0.15, 0.2) is 59.8 Å². The van der Waals surface area contributed by atoms with Gasteiger partial charge < -0.3 is 0 Å². The van der Waals surface area contributed by atoms with Crippen LogP contribution < -0.4 is 0 Å². The Labute approximate surface area is 127 Å². The molecule has 2 aromatic heterocycles. The molecule has 3 aromatic rings. The normalized spacial score (nSPS) is 10.3. The highest BCUT2D eigenvalue weighted by atomic mass is 32.2. The van der Waals surface area contributed by atoms with E-state index in [-0.39, 0.29) is 0 Å². The van der Waals surface area contributed by atoms with Gasteiger partial charge in [0, 0.05) is 28.9 Å². The molecule has 0 aliphatic heterocycles. The lowest BCUT2D eigenvalue weighted by molar-refractivity contribution is 0.877. The molecule has 0 aliphatic rings. The summed E-state index contributed by atoms with van der Waals surface area (Å²) in [5.41, 5.74) is 3.20. The average molecular weight is 292 g/mol. The lowest BCUT2D eigenvalue weighted by Gasteiger charge is -2.07. The predicted octanol–water partition coefficient (Wildman–Crippen LogP) is 3.53. The minimum Gasteiger partial charge on any atom is -0.265 e. The summed E-state index contributed by atoms with van der Waals surface area (Å²) in [5, 5.41) is 13.5. The summed E-state index contributed by atoms with van der Waals surface area (Å²) in [4.78, 5) is 5.22. The molecule has 1 aromatic carbocycles. The number of nitriles is 1. The van der Waals surface area contributed by atoms with Crippen LogP contribution >= 0.6 is 11.8 Å². The SMILES string of the molecule is CSc1ccc(-c2cc(C#N)nn2-c2ccncc2)cc1. The molecular formula is C16H12N4S. The van der Waals surface area contributed by atoms with Gasteiger partial charge in [-0.05, 0) is 30.5 Å². The Hall–Kier alpha value is -2.58. The molecule has 0 amide bonds. The second kappa shape index (κ2) is 5.81. The van der Waals surface area contributed by atoms with Crippen LogP contribution in [0.2, 0.25) is 0 Å². The number of pyridine rings is 1. The summed E-state index contributed by atoms with van der Waals surface area (Å²) in [6.07, 6.45) is 5.47. The van der Waals surface area contributed by atoms with Gasteiger partial charge in [-0.3, -0.25) is 4.98 Å². The third kappa shape index (κ3) is 2.67. The van der Waals surface area contributed by atoms with Crippen molar-refractivity contribution in [3.05, 3.63) is 60.6 Å². The molecule has 4 nitrogen and oxygen atoms in total. The lowest BCUT2D eigenvalue weighted by atomic mass is 10.1. The number of thioether (sulfide) groups is 1. The van der Waals surface area contributed by atoms with E-state index < -0.39 is 0 Å². The van der Waals surface area contributed by atoms with Crippen LogP contribution in [0.4, 0.5) is 0 Å². The third-order valence-corrected chi connectivity index (χ3v) is 3.86. The first kappa shape index (κ1) is 13.4. The smallest absolute Gasteiger partial charge is 0.163 e. The molecule has 0 fully saturated rings. The van der Waals surface area contributed by atoms with Crippen molar-refractivity contribution in [1.29, 1.82) is 5.26 Å². The fraction of sp³-hybridized carbons (Fsp3) is 0.0625. The number of benzene rings is 1. The molecular weight excluding hydrogens is 280 g/mol. The summed E-state index contributed by atoms with van der Waals surface area (Å²) < 4.78 is 1.77. The maximum atomic E-state index is 9.11. The molecule has 5 heteroatoms. The molecule has 0 radical (unpaired) electrons. The second-order valence-electron chi connectivity index (χ2n) is 4.37. The minimum absolute atomic E-state index is 0.399. The molecule has 0 N–H and O–H groups in total. The molecule has 0 atom stereocenters. The van der Waals surface area contributed by atoms with E-state index in [1.807, 2.05) is 30.5 Å². The molecule has 0 saturated carbocycles. The second-order valence-corrected chi connectivity index (χ2v) is 5.25. The standard InChI is InChI=1S/C16H12N4S/c1-21-15-4-2-12(3-5-15)16-10-13(11-17)19-20(16)14-6-8-18-9-7-14/h2-10H,1H3. The van der Waals surface area contributed by atoms with Crippen molar-refractivity contribution in [2.24, 2.45) is 0 Å². The molecule has 21 heavy (non-hydrogen) atoms. The van der Waals surface area contributed by atoms with E-state index in [9.17, 15) is 0 Å². The summed E-state index contributed by atoms with van der Waals surface area (Å²) in [6, 6.07) is 15.9. The summed E-state index contributed by atoms with van der Waals surface area (Å²) in [7, 11) is 0. The number of rotatable bonds is 3. The van der Waals surface area contributed by atoms with Crippen molar-refractivity contribution >= 4 is 11.8 Å². The van der Waals surface area contributed by atoms with Crippen LogP contribution in [0.5, 0.6) is 0 Å². The van der Waals surface area contributed by atoms with Crippen LogP contribution in [0, 0.1) is 11.3 Å². The van der Waals surface area contributed by atoms with Gasteiger partial charge in [-0.25, -0.2) is 4.68 Å². The molecule has 0 unspecified atom stereocenters. The van der Waals surface area contributed by atoms with Gasteiger partial charge in [0.1, 0.15) is 6.07 Å². The minimum atomic E-state index is 0.399. The summed E-state index contributed by atoms with van der Waals surface area (Å²) >= 11 is 1.70. The maximum Gasteiger partial charge on any atom is 0.163 e. The zero-order chi connectivity index (χ0) is 14.7. The van der Waals surface area contributed by atoms with Crippen molar-refractivity contribution in [1.82, 2.24) is 14.8 Å². The Bertz CT molecular complexity index is 785. The zero-order valence-electron chi connectivity index (χ0n) is 11.4. The summed E-state index contributed by atoms with van der Waals surface area (Å²) in [6.45, 7) is 0. The van der Waals surface area contributed by atoms with Gasteiger partial charge in [-0.1, -0.05) is 12.1 Å². The number of nitrogens with zero attached hydrogens (tertiary/aromatic N) is 4. The monoisotopic (exact) mass is 292 g/mol. The van der Waals surface area contributed by atoms with Crippen LogP contribution in [-0.4, -0.2) is 21.0 Å². The van der Waals surface area contributed by atoms with E-state index in [1.165, 1.54) is 4.90 Å². The quantitative estimate of drug-likeness (QED) is 0.693. The Morgan fingerprint density at radius 3 is 2.43 bits per heavy atom. The van der Waals surface area contributed by atoms with Gasteiger partial charge >= 0.3 is 0 Å². The van der Waals surface area contributed by atoms with E-state index in [0.717, 1.165) is 16.9 Å². The van der Waals surface area contributed by atoms with Gasteiger partial charge in [0.15, 0.2) is 5.69 Å². The highest BCUT2D eigenvalue weighted by Gasteiger charge is 2.11. The first-order valence-electron chi connectivity index (χ1n) is 6.37. The van der Waals surface area contributed by atoms with E-state index in [0.29, 0.717) is 5.69 Å². The highest BCUT2D eigenvalue weighted by molar-refractivity contribution is 7.98. The Morgan fingerprint density at radius 1 is 1.10 bits per heavy atom. The van der Waals surface area contributed by atoms with Gasteiger partial charge in [-0.15, -0.1) is 11.8 Å². The van der Waals surface area contributed by atoms with Crippen LogP contribution in [0.1, 0.15) is 5.69 Å². The van der Waals surface area contributed by atoms with Crippen LogP contribution in [0.25, 0.3) is 16.9 Å². The fourth-order valence-corrected chi connectivity index (χ4v) is 2.49. The first-order valence-corrected chi connectivity index (χ1v) is 7.59. The third-order valence-electron chi connectivity index (χ3n) is 3.12. The van der Waals surface area contributed by atoms with E-state index in [4.69, 9.17) is 5.26 Å². The Balaban J connectivity index is 2.13. The Kier molecular flexibility index (Phi) is 3.71. The molecule has 2 heterocycles. The topological polar surface area (TPSA) is 54.5 Å². The van der Waals surface area contributed by atoms with Crippen molar-refractivity contribution in [2.75, 3.05) is 6.26 Å². The predicted molar refractivity (Wildman–Crippen MR) is 83.3 cm³/mol. The van der Waals surface area contributed by atoms with Crippen LogP contribution in [0.3, 0.4) is 0 Å². The van der Waals surface area contributed by atoms with Crippen molar-refractivity contribution in [3.63, 3.8) is 0 Å².